The highest BCUT2D eigenvalue weighted by molar-refractivity contribution is 7.09. The Hall–Kier alpha value is -0.680. The lowest BCUT2D eigenvalue weighted by molar-refractivity contribution is 0.411. The Morgan fingerprint density at radius 3 is 2.53 bits per heavy atom. The third-order valence-electron chi connectivity index (χ3n) is 3.00. The van der Waals surface area contributed by atoms with Gasteiger partial charge in [0.1, 0.15) is 5.82 Å². The fraction of sp³-hybridized carbons (Fsp3) is 0.833. The van der Waals surface area contributed by atoms with Crippen LogP contribution in [0.1, 0.15) is 39.9 Å². The molecule has 0 bridgehead atoms. The number of hydrogen-bond donors (Lipinski definition) is 1. The predicted octanol–water partition coefficient (Wildman–Crippen LogP) is 2.02. The first-order valence-electron chi connectivity index (χ1n) is 6.34. The minimum atomic E-state index is 0.0461. The van der Waals surface area contributed by atoms with Crippen LogP contribution in [0.25, 0.3) is 0 Å². The zero-order chi connectivity index (χ0) is 12.5. The lowest BCUT2D eigenvalue weighted by Gasteiger charge is -2.37. The van der Waals surface area contributed by atoms with Crippen LogP contribution in [-0.2, 0) is 5.41 Å². The smallest absolute Gasteiger partial charge is 0.205 e. The summed E-state index contributed by atoms with van der Waals surface area (Å²) in [5.74, 6) is 0.964. The van der Waals surface area contributed by atoms with E-state index in [4.69, 9.17) is 4.98 Å². The highest BCUT2D eigenvalue weighted by Crippen LogP contribution is 2.27. The molecule has 1 aliphatic rings. The zero-order valence-electron chi connectivity index (χ0n) is 11.2. The summed E-state index contributed by atoms with van der Waals surface area (Å²) in [6, 6.07) is 0.607. The highest BCUT2D eigenvalue weighted by Gasteiger charge is 2.28. The van der Waals surface area contributed by atoms with Crippen LogP contribution in [0.15, 0.2) is 0 Å². The molecule has 1 N–H and O–H groups in total. The van der Waals surface area contributed by atoms with Gasteiger partial charge in [-0.15, -0.1) is 0 Å². The first kappa shape index (κ1) is 12.8. The van der Waals surface area contributed by atoms with Crippen LogP contribution in [0.5, 0.6) is 0 Å². The fourth-order valence-corrected chi connectivity index (χ4v) is 2.76. The van der Waals surface area contributed by atoms with E-state index < -0.39 is 0 Å². The SMILES string of the molecule is CCCN(c1nc(C(C)(C)C)ns1)C1CNC1. The summed E-state index contributed by atoms with van der Waals surface area (Å²) in [4.78, 5) is 7.12. The monoisotopic (exact) mass is 254 g/mol. The van der Waals surface area contributed by atoms with Gasteiger partial charge in [0.15, 0.2) is 0 Å². The number of hydrogen-bond acceptors (Lipinski definition) is 5. The lowest BCUT2D eigenvalue weighted by atomic mass is 9.96. The number of aromatic nitrogens is 2. The minimum Gasteiger partial charge on any atom is -0.341 e. The maximum atomic E-state index is 4.71. The second-order valence-corrected chi connectivity index (χ2v) is 6.39. The predicted molar refractivity (Wildman–Crippen MR) is 72.9 cm³/mol. The Bertz CT molecular complexity index is 365. The van der Waals surface area contributed by atoms with Gasteiger partial charge >= 0.3 is 0 Å². The molecule has 96 valence electrons. The summed E-state index contributed by atoms with van der Waals surface area (Å²) in [5, 5.41) is 4.41. The van der Waals surface area contributed by atoms with E-state index in [1.54, 1.807) is 0 Å². The molecule has 4 nitrogen and oxygen atoms in total. The molecule has 1 aliphatic heterocycles. The summed E-state index contributed by atoms with van der Waals surface area (Å²) < 4.78 is 4.50. The standard InChI is InChI=1S/C12H22N4S/c1-5-6-16(9-7-13-8-9)11-14-10(15-17-11)12(2,3)4/h9,13H,5-8H2,1-4H3. The topological polar surface area (TPSA) is 41.1 Å². The van der Waals surface area contributed by atoms with Gasteiger partial charge in [0.05, 0.1) is 6.04 Å². The molecule has 2 rings (SSSR count). The van der Waals surface area contributed by atoms with Crippen molar-refractivity contribution in [2.75, 3.05) is 24.5 Å². The molecule has 1 saturated heterocycles. The normalized spacial score (nSPS) is 16.9. The third kappa shape index (κ3) is 2.77. The Morgan fingerprint density at radius 1 is 1.41 bits per heavy atom. The Kier molecular flexibility index (Phi) is 3.68. The van der Waals surface area contributed by atoms with E-state index in [0.717, 1.165) is 37.0 Å². The Labute approximate surface area is 108 Å². The Morgan fingerprint density at radius 2 is 2.12 bits per heavy atom. The zero-order valence-corrected chi connectivity index (χ0v) is 12.0. The molecular formula is C12H22N4S. The van der Waals surface area contributed by atoms with Crippen LogP contribution >= 0.6 is 11.5 Å². The van der Waals surface area contributed by atoms with Crippen LogP contribution in [0.2, 0.25) is 0 Å². The summed E-state index contributed by atoms with van der Waals surface area (Å²) in [6.07, 6.45) is 1.15. The van der Waals surface area contributed by atoms with E-state index in [2.05, 4.69) is 42.3 Å². The summed E-state index contributed by atoms with van der Waals surface area (Å²) in [5.41, 5.74) is 0.0461. The number of nitrogens with one attached hydrogen (secondary N) is 1. The molecule has 5 heteroatoms. The van der Waals surface area contributed by atoms with Crippen LogP contribution in [0.3, 0.4) is 0 Å². The van der Waals surface area contributed by atoms with Crippen molar-refractivity contribution < 1.29 is 0 Å². The number of nitrogens with zero attached hydrogens (tertiary/aromatic N) is 3. The quantitative estimate of drug-likeness (QED) is 0.892. The molecule has 0 spiro atoms. The van der Waals surface area contributed by atoms with E-state index in [9.17, 15) is 0 Å². The van der Waals surface area contributed by atoms with E-state index in [0.29, 0.717) is 6.04 Å². The first-order chi connectivity index (χ1) is 8.02. The summed E-state index contributed by atoms with van der Waals surface area (Å²) in [6.45, 7) is 11.9. The van der Waals surface area contributed by atoms with Crippen LogP contribution in [-0.4, -0.2) is 35.0 Å². The molecule has 0 aliphatic carbocycles. The van der Waals surface area contributed by atoms with Crippen molar-refractivity contribution in [1.29, 1.82) is 0 Å². The van der Waals surface area contributed by atoms with Crippen molar-refractivity contribution >= 4 is 16.7 Å². The maximum Gasteiger partial charge on any atom is 0.205 e. The van der Waals surface area contributed by atoms with Crippen LogP contribution in [0.4, 0.5) is 5.13 Å². The van der Waals surface area contributed by atoms with Gasteiger partial charge in [0.25, 0.3) is 0 Å². The third-order valence-corrected chi connectivity index (χ3v) is 3.75. The second-order valence-electron chi connectivity index (χ2n) is 5.66. The number of rotatable bonds is 4. The molecule has 0 saturated carbocycles. The minimum absolute atomic E-state index is 0.0461. The van der Waals surface area contributed by atoms with Gasteiger partial charge < -0.3 is 10.2 Å². The average molecular weight is 254 g/mol. The van der Waals surface area contributed by atoms with Gasteiger partial charge in [0.2, 0.25) is 5.13 Å². The second kappa shape index (κ2) is 4.90. The van der Waals surface area contributed by atoms with Crippen LogP contribution in [0, 0.1) is 0 Å². The van der Waals surface area contributed by atoms with Gasteiger partial charge in [-0.3, -0.25) is 0 Å². The molecule has 0 unspecified atom stereocenters. The van der Waals surface area contributed by atoms with E-state index in [1.807, 2.05) is 0 Å². The molecule has 2 heterocycles. The molecule has 0 radical (unpaired) electrons. The number of anilines is 1. The molecule has 1 aromatic heterocycles. The van der Waals surface area contributed by atoms with Crippen molar-refractivity contribution in [3.8, 4) is 0 Å². The van der Waals surface area contributed by atoms with E-state index in [1.165, 1.54) is 11.5 Å². The van der Waals surface area contributed by atoms with Gasteiger partial charge in [-0.2, -0.15) is 4.37 Å². The molecule has 17 heavy (non-hydrogen) atoms. The van der Waals surface area contributed by atoms with Crippen molar-refractivity contribution in [1.82, 2.24) is 14.7 Å². The fourth-order valence-electron chi connectivity index (χ4n) is 1.81. The van der Waals surface area contributed by atoms with E-state index >= 15 is 0 Å². The van der Waals surface area contributed by atoms with Gasteiger partial charge in [-0.05, 0) is 6.42 Å². The molecular weight excluding hydrogens is 232 g/mol. The largest absolute Gasteiger partial charge is 0.341 e. The van der Waals surface area contributed by atoms with Crippen molar-refractivity contribution in [2.45, 2.75) is 45.6 Å². The maximum absolute atomic E-state index is 4.71. The van der Waals surface area contributed by atoms with Crippen molar-refractivity contribution in [3.05, 3.63) is 5.82 Å². The molecule has 0 atom stereocenters. The van der Waals surface area contributed by atoms with E-state index in [-0.39, 0.29) is 5.41 Å². The van der Waals surface area contributed by atoms with Crippen molar-refractivity contribution in [2.24, 2.45) is 0 Å². The first-order valence-corrected chi connectivity index (χ1v) is 7.11. The lowest BCUT2D eigenvalue weighted by Crippen LogP contribution is -2.57. The van der Waals surface area contributed by atoms with Gasteiger partial charge in [0, 0.05) is 36.6 Å². The average Bonchev–Trinajstić information content (AvgIpc) is 2.61. The summed E-state index contributed by atoms with van der Waals surface area (Å²) in [7, 11) is 0. The van der Waals surface area contributed by atoms with Gasteiger partial charge in [-0.25, -0.2) is 4.98 Å². The summed E-state index contributed by atoms with van der Waals surface area (Å²) >= 11 is 1.54. The highest BCUT2D eigenvalue weighted by atomic mass is 32.1. The van der Waals surface area contributed by atoms with Crippen LogP contribution < -0.4 is 10.2 Å². The Balaban J connectivity index is 2.15. The van der Waals surface area contributed by atoms with Gasteiger partial charge in [-0.1, -0.05) is 27.7 Å². The molecule has 1 fully saturated rings. The molecule has 0 amide bonds. The molecule has 1 aromatic rings. The van der Waals surface area contributed by atoms with Crippen molar-refractivity contribution in [3.63, 3.8) is 0 Å². The molecule has 0 aromatic carbocycles.